The molecular formula is C16H8Cl3NO3. The summed E-state index contributed by atoms with van der Waals surface area (Å²) in [7, 11) is 0. The van der Waals surface area contributed by atoms with Gasteiger partial charge >= 0.3 is 0 Å². The van der Waals surface area contributed by atoms with Crippen molar-refractivity contribution in [1.82, 2.24) is 0 Å². The Hall–Kier alpha value is -1.88. The van der Waals surface area contributed by atoms with E-state index < -0.39 is 21.3 Å². The third kappa shape index (κ3) is 2.85. The van der Waals surface area contributed by atoms with E-state index in [-0.39, 0.29) is 11.3 Å². The Balaban J connectivity index is 2.06. The third-order valence-electron chi connectivity index (χ3n) is 3.45. The second-order valence-electron chi connectivity index (χ2n) is 4.92. The van der Waals surface area contributed by atoms with Crippen molar-refractivity contribution in [3.63, 3.8) is 0 Å². The van der Waals surface area contributed by atoms with Gasteiger partial charge in [0.05, 0.1) is 0 Å². The van der Waals surface area contributed by atoms with Gasteiger partial charge in [-0.2, -0.15) is 0 Å². The van der Waals surface area contributed by atoms with Crippen LogP contribution >= 0.6 is 34.8 Å². The predicted octanol–water partition coefficient (Wildman–Crippen LogP) is 4.04. The van der Waals surface area contributed by atoms with Crippen LogP contribution in [0.3, 0.4) is 0 Å². The zero-order valence-electron chi connectivity index (χ0n) is 11.4. The van der Waals surface area contributed by atoms with Gasteiger partial charge in [0.1, 0.15) is 0 Å². The van der Waals surface area contributed by atoms with Crippen molar-refractivity contribution in [3.8, 4) is 11.1 Å². The van der Waals surface area contributed by atoms with Gasteiger partial charge in [0.15, 0.2) is 0 Å². The number of nitrogens with one attached hydrogen (secondary N) is 1. The second kappa shape index (κ2) is 5.64. The number of anilines is 1. The van der Waals surface area contributed by atoms with Gasteiger partial charge in [0.2, 0.25) is 11.6 Å². The molecule has 0 aliphatic heterocycles. The van der Waals surface area contributed by atoms with Gasteiger partial charge in [-0.25, -0.2) is 0 Å². The molecule has 0 saturated carbocycles. The maximum Gasteiger partial charge on any atom is 0.276 e. The fourth-order valence-electron chi connectivity index (χ4n) is 2.41. The molecule has 0 saturated heterocycles. The number of fused-ring (bicyclic) bond motifs is 3. The molecule has 0 bridgehead atoms. The number of ketones is 2. The molecule has 7 heteroatoms. The highest BCUT2D eigenvalue weighted by Gasteiger charge is 2.32. The van der Waals surface area contributed by atoms with Crippen molar-refractivity contribution in [3.05, 3.63) is 53.6 Å². The molecule has 116 valence electrons. The van der Waals surface area contributed by atoms with Crippen molar-refractivity contribution in [2.75, 3.05) is 5.32 Å². The number of alkyl halides is 3. The molecule has 0 fully saturated rings. The first-order chi connectivity index (χ1) is 10.8. The summed E-state index contributed by atoms with van der Waals surface area (Å²) in [6.07, 6.45) is 0. The number of hydrogen-bond acceptors (Lipinski definition) is 3. The van der Waals surface area contributed by atoms with Crippen LogP contribution in [0.15, 0.2) is 42.5 Å². The first-order valence-electron chi connectivity index (χ1n) is 6.49. The van der Waals surface area contributed by atoms with Gasteiger partial charge in [-0.1, -0.05) is 65.1 Å². The summed E-state index contributed by atoms with van der Waals surface area (Å²) >= 11 is 16.5. The summed E-state index contributed by atoms with van der Waals surface area (Å²) in [4.78, 5) is 36.1. The first-order valence-corrected chi connectivity index (χ1v) is 7.63. The van der Waals surface area contributed by atoms with Crippen LogP contribution in [0.1, 0.15) is 20.7 Å². The van der Waals surface area contributed by atoms with Crippen LogP contribution in [0.25, 0.3) is 11.1 Å². The summed E-state index contributed by atoms with van der Waals surface area (Å²) < 4.78 is -2.12. The Morgan fingerprint density at radius 1 is 0.826 bits per heavy atom. The standard InChI is InChI=1S/C16H8Cl3NO3/c17-16(18,19)15(23)20-8-5-6-10-9-3-1-2-4-11(9)13(21)14(22)12(10)7-8/h1-7H,(H,20,23). The van der Waals surface area contributed by atoms with Crippen LogP contribution in [0, 0.1) is 0 Å². The SMILES string of the molecule is O=C1C(=O)c2cc(NC(=O)C(Cl)(Cl)Cl)ccc2-c2ccccc21. The molecule has 4 nitrogen and oxygen atoms in total. The average molecular weight is 369 g/mol. The molecule has 0 radical (unpaired) electrons. The number of rotatable bonds is 1. The maximum absolute atomic E-state index is 12.3. The summed E-state index contributed by atoms with van der Waals surface area (Å²) in [6, 6.07) is 11.5. The van der Waals surface area contributed by atoms with Crippen molar-refractivity contribution >= 4 is 58.0 Å². The Morgan fingerprint density at radius 3 is 2.04 bits per heavy atom. The van der Waals surface area contributed by atoms with Gasteiger partial charge in [-0.05, 0) is 23.3 Å². The number of benzene rings is 2. The third-order valence-corrected chi connectivity index (χ3v) is 3.96. The van der Waals surface area contributed by atoms with E-state index in [0.29, 0.717) is 16.7 Å². The molecule has 23 heavy (non-hydrogen) atoms. The van der Waals surface area contributed by atoms with E-state index in [1.807, 2.05) is 0 Å². The number of Topliss-reactive ketones (excluding diaryl/α,β-unsaturated/α-hetero) is 2. The first kappa shape index (κ1) is 16.0. The minimum atomic E-state index is -2.12. The molecule has 2 aromatic rings. The largest absolute Gasteiger partial charge is 0.322 e. The minimum Gasteiger partial charge on any atom is -0.322 e. The molecule has 3 rings (SSSR count). The van der Waals surface area contributed by atoms with Crippen LogP contribution in [-0.4, -0.2) is 21.3 Å². The maximum atomic E-state index is 12.3. The number of halogens is 3. The molecule has 0 aromatic heterocycles. The van der Waals surface area contributed by atoms with Gasteiger partial charge in [-0.3, -0.25) is 14.4 Å². The van der Waals surface area contributed by atoms with Crippen molar-refractivity contribution in [2.45, 2.75) is 3.79 Å². The summed E-state index contributed by atoms with van der Waals surface area (Å²) in [5.41, 5.74) is 2.13. The van der Waals surface area contributed by atoms with Crippen LogP contribution < -0.4 is 5.32 Å². The van der Waals surface area contributed by atoms with E-state index >= 15 is 0 Å². The number of carbonyl (C=O) groups is 3. The minimum absolute atomic E-state index is 0.204. The average Bonchev–Trinajstić information content (AvgIpc) is 2.51. The smallest absolute Gasteiger partial charge is 0.276 e. The molecule has 1 aliphatic carbocycles. The van der Waals surface area contributed by atoms with E-state index in [9.17, 15) is 14.4 Å². The zero-order chi connectivity index (χ0) is 16.8. The Labute approximate surface area is 146 Å². The lowest BCUT2D eigenvalue weighted by atomic mass is 9.84. The second-order valence-corrected chi connectivity index (χ2v) is 7.20. The van der Waals surface area contributed by atoms with Crippen LogP contribution in [-0.2, 0) is 4.79 Å². The molecule has 2 aromatic carbocycles. The van der Waals surface area contributed by atoms with E-state index in [4.69, 9.17) is 34.8 Å². The van der Waals surface area contributed by atoms with Crippen LogP contribution in [0.2, 0.25) is 0 Å². The van der Waals surface area contributed by atoms with Crippen molar-refractivity contribution < 1.29 is 14.4 Å². The Kier molecular flexibility index (Phi) is 3.92. The zero-order valence-corrected chi connectivity index (χ0v) is 13.7. The van der Waals surface area contributed by atoms with E-state index in [2.05, 4.69) is 5.32 Å². The van der Waals surface area contributed by atoms with Gasteiger partial charge in [0.25, 0.3) is 9.70 Å². The fraction of sp³-hybridized carbons (Fsp3) is 0.0625. The van der Waals surface area contributed by atoms with Gasteiger partial charge in [0, 0.05) is 16.8 Å². The summed E-state index contributed by atoms with van der Waals surface area (Å²) in [6.45, 7) is 0. The highest BCUT2D eigenvalue weighted by Crippen LogP contribution is 2.35. The number of amides is 1. The molecule has 0 heterocycles. The molecule has 0 spiro atoms. The van der Waals surface area contributed by atoms with Gasteiger partial charge < -0.3 is 5.32 Å². The summed E-state index contributed by atoms with van der Waals surface area (Å²) in [5, 5.41) is 2.39. The quantitative estimate of drug-likeness (QED) is 0.610. The van der Waals surface area contributed by atoms with Crippen molar-refractivity contribution in [2.24, 2.45) is 0 Å². The number of hydrogen-bond donors (Lipinski definition) is 1. The molecule has 0 unspecified atom stereocenters. The van der Waals surface area contributed by atoms with Crippen LogP contribution in [0.5, 0.6) is 0 Å². The Morgan fingerprint density at radius 2 is 1.39 bits per heavy atom. The van der Waals surface area contributed by atoms with E-state index in [1.165, 1.54) is 6.07 Å². The van der Waals surface area contributed by atoms with E-state index in [0.717, 1.165) is 0 Å². The Bertz CT molecular complexity index is 856. The predicted molar refractivity (Wildman–Crippen MR) is 89.5 cm³/mol. The monoisotopic (exact) mass is 367 g/mol. The highest BCUT2D eigenvalue weighted by molar-refractivity contribution is 6.76. The lowest BCUT2D eigenvalue weighted by Crippen LogP contribution is -2.27. The molecule has 1 aliphatic rings. The molecule has 0 atom stereocenters. The topological polar surface area (TPSA) is 63.2 Å². The van der Waals surface area contributed by atoms with Crippen LogP contribution in [0.4, 0.5) is 5.69 Å². The number of carbonyl (C=O) groups excluding carboxylic acids is 3. The highest BCUT2D eigenvalue weighted by atomic mass is 35.6. The van der Waals surface area contributed by atoms with Crippen molar-refractivity contribution in [1.29, 1.82) is 0 Å². The normalized spacial score (nSPS) is 13.3. The molecular weight excluding hydrogens is 361 g/mol. The lowest BCUT2D eigenvalue weighted by molar-refractivity contribution is -0.115. The molecule has 1 amide bonds. The fourth-order valence-corrected chi connectivity index (χ4v) is 2.55. The summed E-state index contributed by atoms with van der Waals surface area (Å²) in [5.74, 6) is -2.07. The van der Waals surface area contributed by atoms with E-state index in [1.54, 1.807) is 36.4 Å². The lowest BCUT2D eigenvalue weighted by Gasteiger charge is -2.19. The molecule has 1 N–H and O–H groups in total. The van der Waals surface area contributed by atoms with Gasteiger partial charge in [-0.15, -0.1) is 0 Å².